The molecule has 0 bridgehead atoms. The molecular formula is C22H27ClN4O5. The number of esters is 1. The maximum atomic E-state index is 13.1. The first kappa shape index (κ1) is 23.7. The molecule has 10 heteroatoms. The zero-order chi connectivity index (χ0) is 23.3. The first-order valence-corrected chi connectivity index (χ1v) is 10.7. The van der Waals surface area contributed by atoms with E-state index in [1.54, 1.807) is 27.9 Å². The summed E-state index contributed by atoms with van der Waals surface area (Å²) in [6, 6.07) is 7.14. The second kappa shape index (κ2) is 10.1. The minimum atomic E-state index is -0.460. The van der Waals surface area contributed by atoms with Gasteiger partial charge in [-0.3, -0.25) is 14.4 Å². The number of nitrogens with zero attached hydrogens (tertiary/aromatic N) is 4. The van der Waals surface area contributed by atoms with Gasteiger partial charge in [-0.15, -0.1) is 0 Å². The molecule has 1 unspecified atom stereocenters. The fourth-order valence-electron chi connectivity index (χ4n) is 4.30. The highest BCUT2D eigenvalue weighted by Gasteiger charge is 2.50. The van der Waals surface area contributed by atoms with E-state index in [0.717, 1.165) is 18.7 Å². The van der Waals surface area contributed by atoms with Crippen molar-refractivity contribution in [3.8, 4) is 5.69 Å². The Morgan fingerprint density at radius 3 is 2.66 bits per heavy atom. The third kappa shape index (κ3) is 5.11. The van der Waals surface area contributed by atoms with Crippen molar-refractivity contribution in [3.63, 3.8) is 0 Å². The lowest BCUT2D eigenvalue weighted by molar-refractivity contribution is -0.150. The normalized spacial score (nSPS) is 19.4. The number of aromatic nitrogens is 2. The summed E-state index contributed by atoms with van der Waals surface area (Å²) in [5.74, 6) is -0.231. The van der Waals surface area contributed by atoms with Crippen LogP contribution in [0.2, 0.25) is 5.02 Å². The highest BCUT2D eigenvalue weighted by atomic mass is 35.5. The van der Waals surface area contributed by atoms with Crippen LogP contribution in [0.1, 0.15) is 29.6 Å². The Morgan fingerprint density at radius 2 is 2.06 bits per heavy atom. The van der Waals surface area contributed by atoms with Gasteiger partial charge in [0.2, 0.25) is 0 Å². The number of carboxylic acid groups (broad SMARTS) is 1. The molecule has 1 atom stereocenters. The molecule has 1 spiro atoms. The number of likely N-dealkylation sites (N-methyl/N-ethyl adjacent to an activating group) is 1. The van der Waals surface area contributed by atoms with Crippen LogP contribution < -0.4 is 0 Å². The van der Waals surface area contributed by atoms with E-state index < -0.39 is 5.41 Å². The number of rotatable bonds is 4. The third-order valence-electron chi connectivity index (χ3n) is 5.85. The van der Waals surface area contributed by atoms with E-state index in [0.29, 0.717) is 36.5 Å². The molecule has 9 nitrogen and oxygen atoms in total. The van der Waals surface area contributed by atoms with Crippen molar-refractivity contribution in [1.29, 1.82) is 0 Å². The average molecular weight is 463 g/mol. The summed E-state index contributed by atoms with van der Waals surface area (Å²) in [4.78, 5) is 37.8. The second-order valence-electron chi connectivity index (χ2n) is 8.29. The van der Waals surface area contributed by atoms with Crippen LogP contribution in [0.5, 0.6) is 0 Å². The molecule has 2 aliphatic rings. The van der Waals surface area contributed by atoms with Crippen LogP contribution in [0.4, 0.5) is 0 Å². The maximum absolute atomic E-state index is 13.1. The molecule has 2 aromatic rings. The molecule has 0 saturated carbocycles. The molecule has 3 heterocycles. The van der Waals surface area contributed by atoms with Crippen molar-refractivity contribution in [3.05, 3.63) is 47.2 Å². The van der Waals surface area contributed by atoms with E-state index in [-0.39, 0.29) is 24.5 Å². The molecule has 4 rings (SSSR count). The Labute approximate surface area is 191 Å². The average Bonchev–Trinajstić information content (AvgIpc) is 3.38. The Bertz CT molecular complexity index is 955. The Morgan fingerprint density at radius 1 is 1.38 bits per heavy atom. The van der Waals surface area contributed by atoms with Gasteiger partial charge in [0.25, 0.3) is 12.4 Å². The van der Waals surface area contributed by atoms with Crippen molar-refractivity contribution in [2.24, 2.45) is 5.41 Å². The number of carbonyl (C=O) groups excluding carboxylic acids is 2. The molecule has 1 aromatic carbocycles. The van der Waals surface area contributed by atoms with E-state index >= 15 is 0 Å². The van der Waals surface area contributed by atoms with E-state index in [2.05, 4.69) is 5.10 Å². The molecule has 1 aromatic heterocycles. The van der Waals surface area contributed by atoms with E-state index in [4.69, 9.17) is 26.2 Å². The van der Waals surface area contributed by atoms with E-state index in [9.17, 15) is 9.59 Å². The number of amides is 1. The van der Waals surface area contributed by atoms with Crippen LogP contribution >= 0.6 is 11.6 Å². The molecule has 0 radical (unpaired) electrons. The maximum Gasteiger partial charge on any atom is 0.312 e. The minimum Gasteiger partial charge on any atom is -0.483 e. The first-order valence-electron chi connectivity index (χ1n) is 10.3. The van der Waals surface area contributed by atoms with Gasteiger partial charge in [-0.05, 0) is 51.2 Å². The number of ether oxygens (including phenoxy) is 1. The molecule has 2 aliphatic heterocycles. The fraction of sp³-hybridized carbons (Fsp3) is 0.455. The van der Waals surface area contributed by atoms with Crippen LogP contribution in [0.3, 0.4) is 0 Å². The summed E-state index contributed by atoms with van der Waals surface area (Å²) >= 11 is 6.33. The summed E-state index contributed by atoms with van der Waals surface area (Å²) < 4.78 is 7.30. The summed E-state index contributed by atoms with van der Waals surface area (Å²) in [5.41, 5.74) is 0.773. The second-order valence-corrected chi connectivity index (χ2v) is 8.69. The highest BCUT2D eigenvalue weighted by Crippen LogP contribution is 2.43. The number of likely N-dealkylation sites (tertiary alicyclic amines) is 1. The van der Waals surface area contributed by atoms with Crippen molar-refractivity contribution in [2.45, 2.75) is 25.4 Å². The number of benzene rings is 1. The molecule has 0 aliphatic carbocycles. The van der Waals surface area contributed by atoms with Gasteiger partial charge < -0.3 is 19.6 Å². The summed E-state index contributed by atoms with van der Waals surface area (Å²) in [5, 5.41) is 11.5. The Balaban J connectivity index is 0.000000913. The van der Waals surface area contributed by atoms with Crippen LogP contribution in [0.25, 0.3) is 5.69 Å². The topological polar surface area (TPSA) is 105 Å². The van der Waals surface area contributed by atoms with Crippen LogP contribution in [0.15, 0.2) is 36.7 Å². The highest BCUT2D eigenvalue weighted by molar-refractivity contribution is 6.33. The Kier molecular flexibility index (Phi) is 7.52. The molecular weight excluding hydrogens is 436 g/mol. The fourth-order valence-corrected chi connectivity index (χ4v) is 4.50. The van der Waals surface area contributed by atoms with Gasteiger partial charge >= 0.3 is 5.97 Å². The van der Waals surface area contributed by atoms with Gasteiger partial charge in [-0.1, -0.05) is 11.6 Å². The lowest BCUT2D eigenvalue weighted by Gasteiger charge is -2.36. The largest absolute Gasteiger partial charge is 0.483 e. The van der Waals surface area contributed by atoms with Gasteiger partial charge in [-0.25, -0.2) is 4.68 Å². The van der Waals surface area contributed by atoms with E-state index in [1.807, 2.05) is 37.3 Å². The van der Waals surface area contributed by atoms with Gasteiger partial charge in [0.1, 0.15) is 6.10 Å². The zero-order valence-corrected chi connectivity index (χ0v) is 18.9. The quantitative estimate of drug-likeness (QED) is 0.549. The number of cyclic esters (lactones) is 1. The molecule has 1 amide bonds. The molecule has 2 saturated heterocycles. The number of hydrogen-bond donors (Lipinski definition) is 1. The molecule has 2 fully saturated rings. The minimum absolute atomic E-state index is 0.0695. The summed E-state index contributed by atoms with van der Waals surface area (Å²) in [7, 11) is 3.95. The monoisotopic (exact) mass is 462 g/mol. The van der Waals surface area contributed by atoms with Crippen LogP contribution in [0, 0.1) is 5.41 Å². The van der Waals surface area contributed by atoms with Gasteiger partial charge in [0, 0.05) is 38.4 Å². The summed E-state index contributed by atoms with van der Waals surface area (Å²) in [6.45, 7) is 1.52. The summed E-state index contributed by atoms with van der Waals surface area (Å²) in [6.07, 6.45) is 5.40. The van der Waals surface area contributed by atoms with Gasteiger partial charge in [0.15, 0.2) is 0 Å². The number of carbonyl (C=O) groups is 3. The molecule has 32 heavy (non-hydrogen) atoms. The SMILES string of the molecule is CN(C)CC1CC2(CCN(C(=O)c3cc(-n4cccn4)ccc3Cl)CC2)C(=O)O1.O=CO. The van der Waals surface area contributed by atoms with Crippen LogP contribution in [-0.2, 0) is 14.3 Å². The van der Waals surface area contributed by atoms with Crippen molar-refractivity contribution < 1.29 is 24.2 Å². The van der Waals surface area contributed by atoms with Gasteiger partial charge in [-0.2, -0.15) is 5.10 Å². The first-order chi connectivity index (χ1) is 15.3. The van der Waals surface area contributed by atoms with Crippen molar-refractivity contribution in [2.75, 3.05) is 33.7 Å². The number of piperidine rings is 1. The number of halogens is 1. The zero-order valence-electron chi connectivity index (χ0n) is 18.1. The predicted molar refractivity (Wildman–Crippen MR) is 118 cm³/mol. The third-order valence-corrected chi connectivity index (χ3v) is 6.18. The van der Waals surface area contributed by atoms with E-state index in [1.165, 1.54) is 0 Å². The standard InChI is InChI=1S/C21H25ClN4O3.CH2O2/c1-24(2)14-16-13-21(20(28)29-16)6-10-25(11-7-21)19(27)17-12-15(4-5-18(17)22)26-9-3-8-23-26;2-1-3/h3-5,8-9,12,16H,6-7,10-11,13-14H2,1-2H3;1H,(H,2,3). The van der Waals surface area contributed by atoms with Gasteiger partial charge in [0.05, 0.1) is 21.7 Å². The lowest BCUT2D eigenvalue weighted by atomic mass is 9.76. The number of hydrogen-bond acceptors (Lipinski definition) is 6. The molecule has 1 N–H and O–H groups in total. The van der Waals surface area contributed by atoms with Crippen molar-refractivity contribution >= 4 is 29.9 Å². The molecule has 172 valence electrons. The van der Waals surface area contributed by atoms with Crippen LogP contribution in [-0.4, -0.2) is 82.9 Å². The van der Waals surface area contributed by atoms with Crippen molar-refractivity contribution in [1.82, 2.24) is 19.6 Å². The smallest absolute Gasteiger partial charge is 0.312 e. The Hall–Kier alpha value is -2.91. The predicted octanol–water partition coefficient (Wildman–Crippen LogP) is 2.33. The lowest BCUT2D eigenvalue weighted by Crippen LogP contribution is -2.45.